The van der Waals surface area contributed by atoms with Crippen molar-refractivity contribution in [2.24, 2.45) is 17.4 Å². The van der Waals surface area contributed by atoms with E-state index in [1.165, 1.54) is 36.0 Å². The van der Waals surface area contributed by atoms with Gasteiger partial charge < -0.3 is 11.5 Å². The normalized spacial score (nSPS) is 25.4. The molecule has 0 aromatic rings. The van der Waals surface area contributed by atoms with Gasteiger partial charge in [-0.1, -0.05) is 45.4 Å². The molecule has 3 aliphatic carbocycles. The maximum absolute atomic E-state index is 6.28. The van der Waals surface area contributed by atoms with Gasteiger partial charge in [-0.3, -0.25) is 0 Å². The van der Waals surface area contributed by atoms with Gasteiger partial charge in [0.25, 0.3) is 0 Å². The Bertz CT molecular complexity index is 450. The highest BCUT2D eigenvalue weighted by molar-refractivity contribution is 5.60. The third-order valence-electron chi connectivity index (χ3n) is 4.05. The maximum atomic E-state index is 6.28. The van der Waals surface area contributed by atoms with E-state index in [-0.39, 0.29) is 0 Å². The Morgan fingerprint density at radius 2 is 1.85 bits per heavy atom. The van der Waals surface area contributed by atoms with Crippen LogP contribution in [0.15, 0.2) is 46.3 Å². The van der Waals surface area contributed by atoms with Crippen LogP contribution < -0.4 is 11.5 Å². The van der Waals surface area contributed by atoms with Crippen LogP contribution in [-0.2, 0) is 0 Å². The summed E-state index contributed by atoms with van der Waals surface area (Å²) in [5.41, 5.74) is 18.5. The molecule has 3 aliphatic rings. The third kappa shape index (κ3) is 2.84. The molecule has 0 heterocycles. The second kappa shape index (κ2) is 7.98. The molecule has 0 radical (unpaired) electrons. The average Bonchev–Trinajstić information content (AvgIpc) is 2.85. The molecule has 0 bridgehead atoms. The molecule has 0 amide bonds. The van der Waals surface area contributed by atoms with Crippen LogP contribution in [0.5, 0.6) is 0 Å². The fourth-order valence-corrected chi connectivity index (χ4v) is 3.33. The van der Waals surface area contributed by atoms with Crippen LogP contribution in [-0.4, -0.2) is 0 Å². The number of fused-ring (bicyclic) bond motifs is 2. The lowest BCUT2D eigenvalue weighted by Crippen LogP contribution is -2.15. The van der Waals surface area contributed by atoms with Gasteiger partial charge in [0.15, 0.2) is 0 Å². The lowest BCUT2D eigenvalue weighted by molar-refractivity contribution is 0.549. The lowest BCUT2D eigenvalue weighted by atomic mass is 9.78. The van der Waals surface area contributed by atoms with Crippen molar-refractivity contribution in [3.8, 4) is 0 Å². The summed E-state index contributed by atoms with van der Waals surface area (Å²) in [6, 6.07) is 0. The molecule has 2 heteroatoms. The van der Waals surface area contributed by atoms with E-state index in [1.807, 2.05) is 27.7 Å². The highest BCUT2D eigenvalue weighted by Gasteiger charge is 2.35. The molecule has 0 aromatic carbocycles. The molecule has 2 nitrogen and oxygen atoms in total. The Balaban J connectivity index is 0.000000461. The smallest absolute Gasteiger partial charge is 0.0429 e. The van der Waals surface area contributed by atoms with E-state index < -0.39 is 0 Å². The summed E-state index contributed by atoms with van der Waals surface area (Å²) in [5, 5.41) is 0. The topological polar surface area (TPSA) is 52.0 Å². The first-order chi connectivity index (χ1) is 9.83. The van der Waals surface area contributed by atoms with E-state index in [2.05, 4.69) is 12.2 Å². The molecular formula is C18H30N2. The molecule has 1 atom stereocenters. The molecule has 20 heavy (non-hydrogen) atoms. The van der Waals surface area contributed by atoms with Crippen molar-refractivity contribution in [1.82, 2.24) is 0 Å². The largest absolute Gasteiger partial charge is 0.404 e. The Morgan fingerprint density at radius 3 is 2.50 bits per heavy atom. The summed E-state index contributed by atoms with van der Waals surface area (Å²) in [5.74, 6) is 0.573. The standard InChI is InChI=1S/C14H18N2.2C2H6/c15-8-9-4-3-7-11-10-5-1-2-6-12(10)14(16)13(9)11;2*1-2/h2,6,8,11H,1,3-5,7,15-16H2;2*1-2H3/b9-8-;;. The molecule has 1 saturated carbocycles. The fraction of sp³-hybridized carbons (Fsp3) is 0.556. The molecule has 4 N–H and O–H groups in total. The van der Waals surface area contributed by atoms with Crippen molar-refractivity contribution in [1.29, 1.82) is 0 Å². The van der Waals surface area contributed by atoms with Gasteiger partial charge in [-0.25, -0.2) is 0 Å². The zero-order chi connectivity index (χ0) is 15.1. The van der Waals surface area contributed by atoms with Crippen LogP contribution in [0.4, 0.5) is 0 Å². The Kier molecular flexibility index (Phi) is 6.63. The monoisotopic (exact) mass is 274 g/mol. The summed E-state index contributed by atoms with van der Waals surface area (Å²) in [7, 11) is 0. The number of hydrogen-bond donors (Lipinski definition) is 2. The Labute approximate surface area is 124 Å². The number of hydrogen-bond acceptors (Lipinski definition) is 2. The van der Waals surface area contributed by atoms with Gasteiger partial charge in [0.1, 0.15) is 0 Å². The minimum Gasteiger partial charge on any atom is -0.404 e. The molecule has 0 aromatic heterocycles. The highest BCUT2D eigenvalue weighted by Crippen LogP contribution is 2.48. The van der Waals surface area contributed by atoms with Crippen LogP contribution >= 0.6 is 0 Å². The van der Waals surface area contributed by atoms with Gasteiger partial charge in [-0.2, -0.15) is 0 Å². The van der Waals surface area contributed by atoms with E-state index in [9.17, 15) is 0 Å². The first-order valence-corrected chi connectivity index (χ1v) is 8.13. The molecular weight excluding hydrogens is 244 g/mol. The van der Waals surface area contributed by atoms with Crippen molar-refractivity contribution < 1.29 is 0 Å². The minimum absolute atomic E-state index is 0.573. The van der Waals surface area contributed by atoms with Gasteiger partial charge in [0.2, 0.25) is 0 Å². The van der Waals surface area contributed by atoms with Crippen LogP contribution in [0.1, 0.15) is 59.8 Å². The zero-order valence-corrected chi connectivity index (χ0v) is 13.5. The first kappa shape index (κ1) is 16.6. The van der Waals surface area contributed by atoms with E-state index in [0.29, 0.717) is 5.92 Å². The summed E-state index contributed by atoms with van der Waals surface area (Å²) in [6.45, 7) is 8.00. The Hall–Kier alpha value is -1.44. The van der Waals surface area contributed by atoms with Gasteiger partial charge in [-0.05, 0) is 55.0 Å². The molecule has 1 unspecified atom stereocenters. The van der Waals surface area contributed by atoms with Gasteiger partial charge in [0.05, 0.1) is 0 Å². The molecule has 0 spiro atoms. The van der Waals surface area contributed by atoms with Gasteiger partial charge in [0, 0.05) is 11.6 Å². The Morgan fingerprint density at radius 1 is 1.15 bits per heavy atom. The highest BCUT2D eigenvalue weighted by atomic mass is 14.6. The predicted octanol–water partition coefficient (Wildman–Crippen LogP) is 4.55. The summed E-state index contributed by atoms with van der Waals surface area (Å²) < 4.78 is 0. The van der Waals surface area contributed by atoms with Crippen molar-refractivity contribution in [3.63, 3.8) is 0 Å². The van der Waals surface area contributed by atoms with E-state index in [1.54, 1.807) is 11.8 Å². The third-order valence-corrected chi connectivity index (χ3v) is 4.05. The quantitative estimate of drug-likeness (QED) is 0.680. The van der Waals surface area contributed by atoms with Crippen LogP contribution in [0.2, 0.25) is 0 Å². The number of allylic oxidation sites excluding steroid dienone is 5. The zero-order valence-electron chi connectivity index (χ0n) is 13.5. The SMILES string of the molecule is CC.CC.N/C=C1/CCCC2C3=C(C=CCC3)C(N)=C12. The lowest BCUT2D eigenvalue weighted by Gasteiger charge is -2.26. The summed E-state index contributed by atoms with van der Waals surface area (Å²) in [4.78, 5) is 0. The summed E-state index contributed by atoms with van der Waals surface area (Å²) in [6.07, 6.45) is 12.1. The average molecular weight is 274 g/mol. The van der Waals surface area contributed by atoms with Crippen molar-refractivity contribution in [2.45, 2.75) is 59.8 Å². The van der Waals surface area contributed by atoms with Crippen molar-refractivity contribution in [3.05, 3.63) is 46.3 Å². The van der Waals surface area contributed by atoms with Crippen molar-refractivity contribution >= 4 is 0 Å². The van der Waals surface area contributed by atoms with Crippen LogP contribution in [0.3, 0.4) is 0 Å². The predicted molar refractivity (Wildman–Crippen MR) is 88.9 cm³/mol. The maximum Gasteiger partial charge on any atom is 0.0429 e. The van der Waals surface area contributed by atoms with E-state index >= 15 is 0 Å². The minimum atomic E-state index is 0.573. The van der Waals surface area contributed by atoms with Gasteiger partial charge >= 0.3 is 0 Å². The van der Waals surface area contributed by atoms with Gasteiger partial charge in [-0.15, -0.1) is 0 Å². The fourth-order valence-electron chi connectivity index (χ4n) is 3.33. The number of nitrogens with two attached hydrogens (primary N) is 2. The van der Waals surface area contributed by atoms with E-state index in [0.717, 1.165) is 18.5 Å². The first-order valence-electron chi connectivity index (χ1n) is 8.13. The number of rotatable bonds is 0. The molecule has 112 valence electrons. The second-order valence-electron chi connectivity index (χ2n) is 4.84. The van der Waals surface area contributed by atoms with Crippen LogP contribution in [0.25, 0.3) is 0 Å². The molecule has 0 saturated heterocycles. The molecule has 0 aliphatic heterocycles. The van der Waals surface area contributed by atoms with Crippen LogP contribution in [0, 0.1) is 5.92 Å². The molecule has 1 fully saturated rings. The second-order valence-corrected chi connectivity index (χ2v) is 4.84. The summed E-state index contributed by atoms with van der Waals surface area (Å²) >= 11 is 0. The van der Waals surface area contributed by atoms with Crippen molar-refractivity contribution in [2.75, 3.05) is 0 Å². The van der Waals surface area contributed by atoms with E-state index in [4.69, 9.17) is 11.5 Å². The molecule has 3 rings (SSSR count).